The number of phenolic OH excluding ortho intramolecular Hbond substituents is 1. The Hall–Kier alpha value is -2.70. The van der Waals surface area contributed by atoms with Gasteiger partial charge in [-0.3, -0.25) is 4.68 Å². The average Bonchev–Trinajstić information content (AvgIpc) is 2.80. The number of aryl methyl sites for hydroxylation is 1. The summed E-state index contributed by atoms with van der Waals surface area (Å²) in [6, 6.07) is 4.52. The van der Waals surface area contributed by atoms with Crippen molar-refractivity contribution in [3.8, 4) is 28.5 Å². The van der Waals surface area contributed by atoms with E-state index in [1.807, 2.05) is 0 Å². The third-order valence-electron chi connectivity index (χ3n) is 2.85. The molecule has 1 aromatic heterocycles. The third kappa shape index (κ3) is 2.25. The van der Waals surface area contributed by atoms with Gasteiger partial charge < -0.3 is 19.7 Å². The van der Waals surface area contributed by atoms with Gasteiger partial charge in [0.1, 0.15) is 0 Å². The maximum atomic E-state index is 10.9. The molecule has 0 atom stereocenters. The van der Waals surface area contributed by atoms with E-state index in [1.165, 1.54) is 31.0 Å². The van der Waals surface area contributed by atoms with E-state index < -0.39 is 5.97 Å². The Bertz CT molecular complexity index is 663. The van der Waals surface area contributed by atoms with Crippen molar-refractivity contribution >= 4 is 5.97 Å². The highest BCUT2D eigenvalue weighted by molar-refractivity contribution is 5.87. The second-order valence-corrected chi connectivity index (χ2v) is 4.07. The highest BCUT2D eigenvalue weighted by atomic mass is 16.5. The molecule has 0 amide bonds. The number of aromatic nitrogens is 2. The number of methoxy groups -OCH3 is 2. The number of ether oxygens (including phenoxy) is 2. The van der Waals surface area contributed by atoms with Crippen LogP contribution in [0.4, 0.5) is 0 Å². The number of carboxylic acids is 1. The lowest BCUT2D eigenvalue weighted by Crippen LogP contribution is -1.99. The summed E-state index contributed by atoms with van der Waals surface area (Å²) in [5.41, 5.74) is 1.04. The Labute approximate surface area is 115 Å². The number of aromatic carboxylic acids is 1. The highest BCUT2D eigenvalue weighted by Crippen LogP contribution is 2.40. The molecule has 0 unspecified atom stereocenters. The monoisotopic (exact) mass is 278 g/mol. The summed E-state index contributed by atoms with van der Waals surface area (Å²) in [5.74, 6) is -0.645. The lowest BCUT2D eigenvalue weighted by atomic mass is 10.1. The Kier molecular flexibility index (Phi) is 3.51. The van der Waals surface area contributed by atoms with E-state index in [1.54, 1.807) is 13.1 Å². The van der Waals surface area contributed by atoms with Gasteiger partial charge in [-0.05, 0) is 18.2 Å². The Morgan fingerprint density at radius 1 is 1.25 bits per heavy atom. The molecule has 7 heteroatoms. The van der Waals surface area contributed by atoms with Crippen LogP contribution in [0.3, 0.4) is 0 Å². The SMILES string of the molecule is COc1cc(-c2cc(C(=O)O)nn2C)cc(O)c1OC. The van der Waals surface area contributed by atoms with Gasteiger partial charge in [-0.2, -0.15) is 5.10 Å². The van der Waals surface area contributed by atoms with Crippen LogP contribution in [0.2, 0.25) is 0 Å². The summed E-state index contributed by atoms with van der Waals surface area (Å²) in [5, 5.41) is 22.7. The van der Waals surface area contributed by atoms with Gasteiger partial charge in [0.05, 0.1) is 19.9 Å². The average molecular weight is 278 g/mol. The van der Waals surface area contributed by atoms with Crippen molar-refractivity contribution in [2.24, 2.45) is 7.05 Å². The molecule has 2 N–H and O–H groups in total. The molecule has 0 saturated heterocycles. The molecule has 0 fully saturated rings. The molecular weight excluding hydrogens is 264 g/mol. The molecule has 1 heterocycles. The Morgan fingerprint density at radius 2 is 1.95 bits per heavy atom. The number of phenols is 1. The summed E-state index contributed by atoms with van der Waals surface area (Å²) in [4.78, 5) is 10.9. The van der Waals surface area contributed by atoms with Gasteiger partial charge in [0.25, 0.3) is 0 Å². The van der Waals surface area contributed by atoms with E-state index in [0.29, 0.717) is 17.0 Å². The second-order valence-electron chi connectivity index (χ2n) is 4.07. The van der Waals surface area contributed by atoms with Crippen molar-refractivity contribution in [3.05, 3.63) is 23.9 Å². The number of hydrogen-bond donors (Lipinski definition) is 2. The molecule has 0 radical (unpaired) electrons. The van der Waals surface area contributed by atoms with Gasteiger partial charge in [-0.1, -0.05) is 0 Å². The fourth-order valence-electron chi connectivity index (χ4n) is 1.93. The van der Waals surface area contributed by atoms with E-state index in [9.17, 15) is 9.90 Å². The fourth-order valence-corrected chi connectivity index (χ4v) is 1.93. The number of nitrogens with zero attached hydrogens (tertiary/aromatic N) is 2. The zero-order chi connectivity index (χ0) is 14.9. The van der Waals surface area contributed by atoms with E-state index in [2.05, 4.69) is 5.10 Å². The molecule has 2 aromatic rings. The molecule has 0 saturated carbocycles. The van der Waals surface area contributed by atoms with Crippen LogP contribution < -0.4 is 9.47 Å². The molecule has 0 aliphatic rings. The van der Waals surface area contributed by atoms with Crippen LogP contribution in [0.5, 0.6) is 17.2 Å². The number of rotatable bonds is 4. The van der Waals surface area contributed by atoms with E-state index in [-0.39, 0.29) is 17.2 Å². The number of carboxylic acid groups (broad SMARTS) is 1. The van der Waals surface area contributed by atoms with Crippen LogP contribution in [-0.2, 0) is 7.05 Å². The minimum atomic E-state index is -1.11. The molecular formula is C13H14N2O5. The molecule has 0 aliphatic carbocycles. The first kappa shape index (κ1) is 13.7. The van der Waals surface area contributed by atoms with Crippen molar-refractivity contribution < 1.29 is 24.5 Å². The molecule has 2 rings (SSSR count). The lowest BCUT2D eigenvalue weighted by Gasteiger charge is -2.11. The maximum absolute atomic E-state index is 10.9. The Morgan fingerprint density at radius 3 is 2.45 bits per heavy atom. The number of aromatic hydroxyl groups is 1. The highest BCUT2D eigenvalue weighted by Gasteiger charge is 2.17. The largest absolute Gasteiger partial charge is 0.504 e. The molecule has 1 aromatic carbocycles. The van der Waals surface area contributed by atoms with E-state index in [4.69, 9.17) is 14.6 Å². The zero-order valence-electron chi connectivity index (χ0n) is 11.2. The third-order valence-corrected chi connectivity index (χ3v) is 2.85. The first-order valence-electron chi connectivity index (χ1n) is 5.70. The minimum absolute atomic E-state index is 0.0724. The number of carbonyl (C=O) groups is 1. The van der Waals surface area contributed by atoms with Crippen molar-refractivity contribution in [1.29, 1.82) is 0 Å². The van der Waals surface area contributed by atoms with Gasteiger partial charge in [0, 0.05) is 12.6 Å². The summed E-state index contributed by atoms with van der Waals surface area (Å²) in [7, 11) is 4.49. The molecule has 0 spiro atoms. The quantitative estimate of drug-likeness (QED) is 0.880. The van der Waals surface area contributed by atoms with Gasteiger partial charge in [-0.15, -0.1) is 0 Å². The first-order valence-corrected chi connectivity index (χ1v) is 5.70. The van der Waals surface area contributed by atoms with Crippen molar-refractivity contribution in [1.82, 2.24) is 9.78 Å². The Balaban J connectivity index is 2.58. The van der Waals surface area contributed by atoms with Crippen LogP contribution in [0.15, 0.2) is 18.2 Å². The maximum Gasteiger partial charge on any atom is 0.356 e. The van der Waals surface area contributed by atoms with Gasteiger partial charge >= 0.3 is 5.97 Å². The van der Waals surface area contributed by atoms with E-state index in [0.717, 1.165) is 0 Å². The molecule has 106 valence electrons. The fraction of sp³-hybridized carbons (Fsp3) is 0.231. The zero-order valence-corrected chi connectivity index (χ0v) is 11.2. The predicted molar refractivity (Wildman–Crippen MR) is 70.4 cm³/mol. The van der Waals surface area contributed by atoms with Crippen LogP contribution in [-0.4, -0.2) is 40.2 Å². The number of hydrogen-bond acceptors (Lipinski definition) is 5. The molecule has 0 bridgehead atoms. The first-order chi connectivity index (χ1) is 9.47. The predicted octanol–water partition coefficient (Wildman–Crippen LogP) is 1.51. The second kappa shape index (κ2) is 5.12. The van der Waals surface area contributed by atoms with Crippen molar-refractivity contribution in [2.45, 2.75) is 0 Å². The van der Waals surface area contributed by atoms with Crippen molar-refractivity contribution in [3.63, 3.8) is 0 Å². The smallest absolute Gasteiger partial charge is 0.356 e. The molecule has 7 nitrogen and oxygen atoms in total. The van der Waals surface area contributed by atoms with Gasteiger partial charge in [0.15, 0.2) is 17.2 Å². The van der Waals surface area contributed by atoms with Crippen LogP contribution >= 0.6 is 0 Å². The normalized spacial score (nSPS) is 10.3. The van der Waals surface area contributed by atoms with Crippen LogP contribution in [0.1, 0.15) is 10.5 Å². The number of benzene rings is 1. The van der Waals surface area contributed by atoms with E-state index >= 15 is 0 Å². The van der Waals surface area contributed by atoms with Crippen LogP contribution in [0.25, 0.3) is 11.3 Å². The van der Waals surface area contributed by atoms with Gasteiger partial charge in [0.2, 0.25) is 5.75 Å². The summed E-state index contributed by atoms with van der Waals surface area (Å²) < 4.78 is 11.6. The van der Waals surface area contributed by atoms with Crippen molar-refractivity contribution in [2.75, 3.05) is 14.2 Å². The summed E-state index contributed by atoms with van der Waals surface area (Å²) >= 11 is 0. The standard InChI is InChI=1S/C13H14N2O5/c1-15-9(6-8(14-15)13(17)18)7-4-10(16)12(20-3)11(5-7)19-2/h4-6,16H,1-3H3,(H,17,18). The molecule has 20 heavy (non-hydrogen) atoms. The summed E-state index contributed by atoms with van der Waals surface area (Å²) in [6.07, 6.45) is 0. The minimum Gasteiger partial charge on any atom is -0.504 e. The van der Waals surface area contributed by atoms with Gasteiger partial charge in [-0.25, -0.2) is 4.79 Å². The molecule has 0 aliphatic heterocycles. The van der Waals surface area contributed by atoms with Crippen LogP contribution in [0, 0.1) is 0 Å². The topological polar surface area (TPSA) is 93.8 Å². The lowest BCUT2D eigenvalue weighted by molar-refractivity contribution is 0.0689. The summed E-state index contributed by atoms with van der Waals surface area (Å²) in [6.45, 7) is 0.